The van der Waals surface area contributed by atoms with Crippen molar-refractivity contribution in [3.63, 3.8) is 0 Å². The van der Waals surface area contributed by atoms with Crippen LogP contribution in [-0.4, -0.2) is 35.4 Å². The van der Waals surface area contributed by atoms with E-state index in [1.54, 1.807) is 6.92 Å². The highest BCUT2D eigenvalue weighted by atomic mass is 16.5. The van der Waals surface area contributed by atoms with E-state index in [4.69, 9.17) is 14.9 Å². The molecule has 82 valence electrons. The van der Waals surface area contributed by atoms with E-state index in [9.17, 15) is 9.59 Å². The lowest BCUT2D eigenvalue weighted by atomic mass is 9.96. The predicted octanol–water partition coefficient (Wildman–Crippen LogP) is 0.269. The van der Waals surface area contributed by atoms with E-state index >= 15 is 0 Å². The Hall–Kier alpha value is -1.10. The molecule has 5 heteroatoms. The molecule has 0 amide bonds. The first kappa shape index (κ1) is 12.9. The number of carbonyl (C=O) groups excluding carboxylic acids is 1. The normalized spacial score (nSPS) is 14.5. The molecule has 0 bridgehead atoms. The second-order valence-corrected chi connectivity index (χ2v) is 3.11. The summed E-state index contributed by atoms with van der Waals surface area (Å²) < 4.78 is 4.75. The van der Waals surface area contributed by atoms with Crippen LogP contribution in [0.5, 0.6) is 0 Å². The summed E-state index contributed by atoms with van der Waals surface area (Å²) in [5, 5.41) is 17.5. The molecule has 2 atom stereocenters. The number of carboxylic acids is 1. The van der Waals surface area contributed by atoms with Gasteiger partial charge in [-0.1, -0.05) is 13.8 Å². The van der Waals surface area contributed by atoms with Crippen LogP contribution in [-0.2, 0) is 14.3 Å². The maximum Gasteiger partial charge on any atom is 0.306 e. The number of hydrogen-bond donors (Lipinski definition) is 2. The Kier molecular flexibility index (Phi) is 5.87. The van der Waals surface area contributed by atoms with Gasteiger partial charge in [-0.05, 0) is 0 Å². The summed E-state index contributed by atoms with van der Waals surface area (Å²) in [6, 6.07) is 0. The fourth-order valence-electron chi connectivity index (χ4n) is 0.859. The standard InChI is InChI=1S/C9H16O5/c1-3-8(11)14-5-7(4-10)6(2)9(12)13/h6-7,10H,3-5H2,1-2H3,(H,12,13). The van der Waals surface area contributed by atoms with Gasteiger partial charge >= 0.3 is 11.9 Å². The van der Waals surface area contributed by atoms with Crippen molar-refractivity contribution in [2.45, 2.75) is 20.3 Å². The monoisotopic (exact) mass is 204 g/mol. The molecule has 0 aromatic rings. The second kappa shape index (κ2) is 6.37. The van der Waals surface area contributed by atoms with Gasteiger partial charge in [0.15, 0.2) is 0 Å². The van der Waals surface area contributed by atoms with E-state index in [-0.39, 0.29) is 25.6 Å². The van der Waals surface area contributed by atoms with Crippen molar-refractivity contribution in [2.24, 2.45) is 11.8 Å². The molecule has 0 rings (SSSR count). The van der Waals surface area contributed by atoms with E-state index in [0.717, 1.165) is 0 Å². The third kappa shape index (κ3) is 4.23. The third-order valence-electron chi connectivity index (χ3n) is 2.08. The van der Waals surface area contributed by atoms with Crippen LogP contribution in [0.3, 0.4) is 0 Å². The van der Waals surface area contributed by atoms with E-state index in [1.165, 1.54) is 6.92 Å². The molecule has 0 aliphatic heterocycles. The van der Waals surface area contributed by atoms with Gasteiger partial charge in [0.05, 0.1) is 12.5 Å². The number of carbonyl (C=O) groups is 2. The average molecular weight is 204 g/mol. The number of rotatable bonds is 6. The van der Waals surface area contributed by atoms with Crippen molar-refractivity contribution in [3.05, 3.63) is 0 Å². The Bertz CT molecular complexity index is 201. The summed E-state index contributed by atoms with van der Waals surface area (Å²) >= 11 is 0. The van der Waals surface area contributed by atoms with E-state index in [2.05, 4.69) is 0 Å². The van der Waals surface area contributed by atoms with E-state index in [0.29, 0.717) is 0 Å². The van der Waals surface area contributed by atoms with Gasteiger partial charge < -0.3 is 14.9 Å². The van der Waals surface area contributed by atoms with Crippen molar-refractivity contribution in [3.8, 4) is 0 Å². The van der Waals surface area contributed by atoms with Crippen LogP contribution in [0, 0.1) is 11.8 Å². The number of esters is 1. The van der Waals surface area contributed by atoms with Crippen LogP contribution >= 0.6 is 0 Å². The molecule has 0 aromatic carbocycles. The lowest BCUT2D eigenvalue weighted by Gasteiger charge is -2.17. The van der Waals surface area contributed by atoms with Gasteiger partial charge in [-0.25, -0.2) is 0 Å². The van der Waals surface area contributed by atoms with E-state index in [1.807, 2.05) is 0 Å². The number of hydrogen-bond acceptors (Lipinski definition) is 4. The van der Waals surface area contributed by atoms with Crippen molar-refractivity contribution in [2.75, 3.05) is 13.2 Å². The topological polar surface area (TPSA) is 83.8 Å². The number of aliphatic hydroxyl groups is 1. The molecule has 0 spiro atoms. The van der Waals surface area contributed by atoms with Crippen LogP contribution < -0.4 is 0 Å². The molecule has 0 aliphatic rings. The van der Waals surface area contributed by atoms with E-state index < -0.39 is 17.8 Å². The van der Waals surface area contributed by atoms with Gasteiger partial charge in [-0.3, -0.25) is 9.59 Å². The zero-order valence-electron chi connectivity index (χ0n) is 8.40. The predicted molar refractivity (Wildman–Crippen MR) is 48.6 cm³/mol. The Morgan fingerprint density at radius 3 is 2.36 bits per heavy atom. The summed E-state index contributed by atoms with van der Waals surface area (Å²) in [4.78, 5) is 21.3. The average Bonchev–Trinajstić information content (AvgIpc) is 2.17. The third-order valence-corrected chi connectivity index (χ3v) is 2.08. The number of aliphatic carboxylic acids is 1. The Morgan fingerprint density at radius 2 is 2.00 bits per heavy atom. The lowest BCUT2D eigenvalue weighted by Crippen LogP contribution is -2.28. The molecule has 0 heterocycles. The van der Waals surface area contributed by atoms with Gasteiger partial charge in [0.1, 0.15) is 0 Å². The minimum Gasteiger partial charge on any atom is -0.481 e. The quantitative estimate of drug-likeness (QED) is 0.607. The molecule has 0 aliphatic carbocycles. The molecule has 2 unspecified atom stereocenters. The van der Waals surface area contributed by atoms with Crippen LogP contribution in [0.4, 0.5) is 0 Å². The summed E-state index contributed by atoms with van der Waals surface area (Å²) in [5.41, 5.74) is 0. The Morgan fingerprint density at radius 1 is 1.43 bits per heavy atom. The second-order valence-electron chi connectivity index (χ2n) is 3.11. The summed E-state index contributed by atoms with van der Waals surface area (Å²) in [6.07, 6.45) is 0.250. The van der Waals surface area contributed by atoms with Crippen molar-refractivity contribution < 1.29 is 24.5 Å². The molecule has 0 saturated carbocycles. The summed E-state index contributed by atoms with van der Waals surface area (Å²) in [6.45, 7) is 2.78. The summed E-state index contributed by atoms with van der Waals surface area (Å²) in [7, 11) is 0. The maximum atomic E-state index is 10.8. The fourth-order valence-corrected chi connectivity index (χ4v) is 0.859. The SMILES string of the molecule is CCC(=O)OCC(CO)C(C)C(=O)O. The summed E-state index contributed by atoms with van der Waals surface area (Å²) in [5.74, 6) is -2.65. The minimum absolute atomic E-state index is 0.0450. The molecule has 0 aromatic heterocycles. The van der Waals surface area contributed by atoms with Crippen LogP contribution in [0.1, 0.15) is 20.3 Å². The molecule has 14 heavy (non-hydrogen) atoms. The highest BCUT2D eigenvalue weighted by Gasteiger charge is 2.24. The first-order valence-corrected chi connectivity index (χ1v) is 4.52. The van der Waals surface area contributed by atoms with Crippen LogP contribution in [0.25, 0.3) is 0 Å². The molecule has 2 N–H and O–H groups in total. The molecule has 0 radical (unpaired) electrons. The molecular weight excluding hydrogens is 188 g/mol. The van der Waals surface area contributed by atoms with Gasteiger partial charge in [0, 0.05) is 18.9 Å². The number of ether oxygens (including phenoxy) is 1. The van der Waals surface area contributed by atoms with Gasteiger partial charge in [0.25, 0.3) is 0 Å². The smallest absolute Gasteiger partial charge is 0.306 e. The van der Waals surface area contributed by atoms with Crippen molar-refractivity contribution in [1.29, 1.82) is 0 Å². The lowest BCUT2D eigenvalue weighted by molar-refractivity contribution is -0.151. The maximum absolute atomic E-state index is 10.8. The van der Waals surface area contributed by atoms with Crippen molar-refractivity contribution >= 4 is 11.9 Å². The molecule has 0 saturated heterocycles. The minimum atomic E-state index is -1.00. The highest BCUT2D eigenvalue weighted by Crippen LogP contribution is 2.11. The van der Waals surface area contributed by atoms with Crippen LogP contribution in [0.2, 0.25) is 0 Å². The highest BCUT2D eigenvalue weighted by molar-refractivity contribution is 5.70. The first-order chi connectivity index (χ1) is 6.52. The molecular formula is C9H16O5. The van der Waals surface area contributed by atoms with Gasteiger partial charge in [-0.2, -0.15) is 0 Å². The van der Waals surface area contributed by atoms with Gasteiger partial charge in [0.2, 0.25) is 0 Å². The van der Waals surface area contributed by atoms with Crippen molar-refractivity contribution in [1.82, 2.24) is 0 Å². The molecule has 0 fully saturated rings. The largest absolute Gasteiger partial charge is 0.481 e. The first-order valence-electron chi connectivity index (χ1n) is 4.52. The van der Waals surface area contributed by atoms with Gasteiger partial charge in [-0.15, -0.1) is 0 Å². The Labute approximate surface area is 82.7 Å². The number of carboxylic acid groups (broad SMARTS) is 1. The fraction of sp³-hybridized carbons (Fsp3) is 0.778. The zero-order chi connectivity index (χ0) is 11.1. The molecule has 5 nitrogen and oxygen atoms in total. The zero-order valence-corrected chi connectivity index (χ0v) is 8.40. The van der Waals surface area contributed by atoms with Crippen LogP contribution in [0.15, 0.2) is 0 Å². The Balaban J connectivity index is 4.02. The number of aliphatic hydroxyl groups excluding tert-OH is 1.